The van der Waals surface area contributed by atoms with Crippen LogP contribution in [0.4, 0.5) is 0 Å². The van der Waals surface area contributed by atoms with Crippen LogP contribution in [0.25, 0.3) is 6.08 Å². The highest BCUT2D eigenvalue weighted by Crippen LogP contribution is 2.22. The van der Waals surface area contributed by atoms with Crippen LogP contribution < -0.4 is 0 Å². The van der Waals surface area contributed by atoms with E-state index in [1.54, 1.807) is 0 Å². The summed E-state index contributed by atoms with van der Waals surface area (Å²) >= 11 is 0. The Hall–Kier alpha value is -1.65. The number of hydrogen-bond acceptors (Lipinski definition) is 3. The molecule has 0 unspecified atom stereocenters. The van der Waals surface area contributed by atoms with Gasteiger partial charge in [0.15, 0.2) is 0 Å². The number of nitro groups is 1. The van der Waals surface area contributed by atoms with Crippen molar-refractivity contribution in [1.82, 2.24) is 10.2 Å². The quantitative estimate of drug-likeness (QED) is 0.572. The van der Waals surface area contributed by atoms with E-state index in [-0.39, 0.29) is 0 Å². The van der Waals surface area contributed by atoms with E-state index in [9.17, 15) is 10.1 Å². The average Bonchev–Trinajstić information content (AvgIpc) is 2.58. The minimum Gasteiger partial charge on any atom is -0.282 e. The van der Waals surface area contributed by atoms with Crippen LogP contribution in [-0.2, 0) is 12.8 Å². The number of rotatable bonds is 2. The Morgan fingerprint density at radius 3 is 3.00 bits per heavy atom. The van der Waals surface area contributed by atoms with Gasteiger partial charge in [-0.25, -0.2) is 0 Å². The standard InChI is InChI=1S/C9H11N3O2/c13-12(14)6-5-9-7-3-1-2-4-8(7)10-11-9/h5-6H,1-4H2,(H,10,11)/b6-5+. The summed E-state index contributed by atoms with van der Waals surface area (Å²) in [5, 5.41) is 17.1. The van der Waals surface area contributed by atoms with Gasteiger partial charge in [-0.15, -0.1) is 0 Å². The number of H-pyrrole nitrogens is 1. The minimum absolute atomic E-state index is 0.468. The van der Waals surface area contributed by atoms with Gasteiger partial charge >= 0.3 is 0 Å². The number of aromatic nitrogens is 2. The molecule has 1 heterocycles. The number of fused-ring (bicyclic) bond motifs is 1. The SMILES string of the molecule is O=[N+]([O-])/C=C/c1n[nH]c2c1CCCC2. The van der Waals surface area contributed by atoms with Gasteiger partial charge in [0.25, 0.3) is 0 Å². The molecule has 0 aromatic carbocycles. The maximum atomic E-state index is 10.1. The van der Waals surface area contributed by atoms with E-state index in [1.807, 2.05) is 0 Å². The highest BCUT2D eigenvalue weighted by molar-refractivity contribution is 5.50. The van der Waals surface area contributed by atoms with Gasteiger partial charge in [-0.2, -0.15) is 5.10 Å². The Morgan fingerprint density at radius 2 is 2.21 bits per heavy atom. The van der Waals surface area contributed by atoms with Crippen LogP contribution in [0, 0.1) is 10.1 Å². The molecule has 2 rings (SSSR count). The smallest absolute Gasteiger partial charge is 0.236 e. The fraction of sp³-hybridized carbons (Fsp3) is 0.444. The normalized spacial score (nSPS) is 15.7. The van der Waals surface area contributed by atoms with Crippen LogP contribution in [0.15, 0.2) is 6.20 Å². The molecular formula is C9H11N3O2. The molecule has 0 saturated carbocycles. The van der Waals surface area contributed by atoms with E-state index in [0.29, 0.717) is 0 Å². The summed E-state index contributed by atoms with van der Waals surface area (Å²) < 4.78 is 0. The van der Waals surface area contributed by atoms with Crippen LogP contribution in [0.5, 0.6) is 0 Å². The lowest BCUT2D eigenvalue weighted by atomic mass is 9.96. The van der Waals surface area contributed by atoms with Gasteiger partial charge in [-0.3, -0.25) is 15.2 Å². The number of hydrogen-bond donors (Lipinski definition) is 1. The van der Waals surface area contributed by atoms with Crippen molar-refractivity contribution in [3.05, 3.63) is 33.3 Å². The van der Waals surface area contributed by atoms with Gasteiger partial charge < -0.3 is 0 Å². The molecule has 1 aromatic rings. The lowest BCUT2D eigenvalue weighted by Gasteiger charge is -2.09. The van der Waals surface area contributed by atoms with Crippen molar-refractivity contribution in [2.45, 2.75) is 25.7 Å². The molecule has 1 aliphatic carbocycles. The monoisotopic (exact) mass is 193 g/mol. The fourth-order valence-corrected chi connectivity index (χ4v) is 1.78. The largest absolute Gasteiger partial charge is 0.282 e. The second-order valence-electron chi connectivity index (χ2n) is 3.37. The van der Waals surface area contributed by atoms with E-state index >= 15 is 0 Å². The summed E-state index contributed by atoms with van der Waals surface area (Å²) in [6, 6.07) is 0. The molecule has 1 aliphatic rings. The Morgan fingerprint density at radius 1 is 1.43 bits per heavy atom. The third-order valence-corrected chi connectivity index (χ3v) is 2.44. The van der Waals surface area contributed by atoms with Crippen LogP contribution >= 0.6 is 0 Å². The number of nitrogens with one attached hydrogen (secondary N) is 1. The summed E-state index contributed by atoms with van der Waals surface area (Å²) in [7, 11) is 0. The van der Waals surface area contributed by atoms with Crippen LogP contribution in [0.3, 0.4) is 0 Å². The van der Waals surface area contributed by atoms with E-state index in [1.165, 1.54) is 12.5 Å². The van der Waals surface area contributed by atoms with Gasteiger partial charge in [0, 0.05) is 17.3 Å². The van der Waals surface area contributed by atoms with Crippen molar-refractivity contribution in [2.24, 2.45) is 0 Å². The molecule has 1 aromatic heterocycles. The van der Waals surface area contributed by atoms with Gasteiger partial charge in [0.2, 0.25) is 6.20 Å². The Balaban J connectivity index is 2.26. The second-order valence-corrected chi connectivity index (χ2v) is 3.37. The fourth-order valence-electron chi connectivity index (χ4n) is 1.78. The van der Waals surface area contributed by atoms with Gasteiger partial charge in [-0.05, 0) is 25.7 Å². The van der Waals surface area contributed by atoms with Crippen molar-refractivity contribution in [2.75, 3.05) is 0 Å². The van der Waals surface area contributed by atoms with E-state index in [2.05, 4.69) is 10.2 Å². The summed E-state index contributed by atoms with van der Waals surface area (Å²) in [5.74, 6) is 0. The third kappa shape index (κ3) is 1.66. The number of aryl methyl sites for hydroxylation is 1. The minimum atomic E-state index is -0.468. The highest BCUT2D eigenvalue weighted by Gasteiger charge is 2.15. The molecule has 0 radical (unpaired) electrons. The first-order valence-electron chi connectivity index (χ1n) is 4.65. The lowest BCUT2D eigenvalue weighted by molar-refractivity contribution is -0.401. The first-order chi connectivity index (χ1) is 6.77. The molecule has 5 nitrogen and oxygen atoms in total. The molecule has 0 aliphatic heterocycles. The second kappa shape index (κ2) is 3.61. The molecule has 0 fully saturated rings. The van der Waals surface area contributed by atoms with Crippen molar-refractivity contribution in [1.29, 1.82) is 0 Å². The predicted octanol–water partition coefficient (Wildman–Crippen LogP) is 1.54. The summed E-state index contributed by atoms with van der Waals surface area (Å²) in [5.41, 5.74) is 3.00. The topological polar surface area (TPSA) is 71.8 Å². The van der Waals surface area contributed by atoms with Crippen molar-refractivity contribution >= 4 is 6.08 Å². The van der Waals surface area contributed by atoms with Gasteiger partial charge in [0.1, 0.15) is 0 Å². The first-order valence-corrected chi connectivity index (χ1v) is 4.65. The molecule has 0 saturated heterocycles. The Kier molecular flexibility index (Phi) is 2.30. The first kappa shape index (κ1) is 8.93. The summed E-state index contributed by atoms with van der Waals surface area (Å²) in [4.78, 5) is 9.67. The van der Waals surface area contributed by atoms with Crippen molar-refractivity contribution in [3.63, 3.8) is 0 Å². The van der Waals surface area contributed by atoms with E-state index < -0.39 is 4.92 Å². The number of nitrogens with zero attached hydrogens (tertiary/aromatic N) is 2. The molecule has 5 heteroatoms. The molecule has 74 valence electrons. The maximum Gasteiger partial charge on any atom is 0.236 e. The van der Waals surface area contributed by atoms with E-state index in [0.717, 1.165) is 42.4 Å². The van der Waals surface area contributed by atoms with Gasteiger partial charge in [-0.1, -0.05) is 0 Å². The molecule has 1 N–H and O–H groups in total. The summed E-state index contributed by atoms with van der Waals surface area (Å²) in [6.07, 6.45) is 6.70. The Labute approximate surface area is 81.0 Å². The van der Waals surface area contributed by atoms with Crippen molar-refractivity contribution < 1.29 is 4.92 Å². The average molecular weight is 193 g/mol. The van der Waals surface area contributed by atoms with Gasteiger partial charge in [0.05, 0.1) is 10.6 Å². The molecular weight excluding hydrogens is 182 g/mol. The maximum absolute atomic E-state index is 10.1. The van der Waals surface area contributed by atoms with E-state index in [4.69, 9.17) is 0 Å². The van der Waals surface area contributed by atoms with Crippen LogP contribution in [-0.4, -0.2) is 15.1 Å². The molecule has 0 bridgehead atoms. The predicted molar refractivity (Wildman–Crippen MR) is 51.3 cm³/mol. The highest BCUT2D eigenvalue weighted by atomic mass is 16.6. The van der Waals surface area contributed by atoms with Crippen LogP contribution in [0.1, 0.15) is 29.8 Å². The third-order valence-electron chi connectivity index (χ3n) is 2.44. The molecule has 0 spiro atoms. The zero-order valence-electron chi connectivity index (χ0n) is 7.69. The molecule has 0 amide bonds. The summed E-state index contributed by atoms with van der Waals surface area (Å²) in [6.45, 7) is 0. The zero-order valence-corrected chi connectivity index (χ0v) is 7.69. The molecule has 14 heavy (non-hydrogen) atoms. The Bertz CT molecular complexity index is 381. The molecule has 0 atom stereocenters. The zero-order chi connectivity index (χ0) is 9.97. The van der Waals surface area contributed by atoms with Crippen LogP contribution in [0.2, 0.25) is 0 Å². The lowest BCUT2D eigenvalue weighted by Crippen LogP contribution is -2.01. The van der Waals surface area contributed by atoms with Crippen molar-refractivity contribution in [3.8, 4) is 0 Å². The number of aromatic amines is 1.